The van der Waals surface area contributed by atoms with Gasteiger partial charge in [0.2, 0.25) is 0 Å². The van der Waals surface area contributed by atoms with Crippen molar-refractivity contribution in [2.45, 2.75) is 13.3 Å². The summed E-state index contributed by atoms with van der Waals surface area (Å²) in [7, 11) is 0. The highest BCUT2D eigenvalue weighted by Gasteiger charge is 2.33. The first-order valence-electron chi connectivity index (χ1n) is 6.46. The van der Waals surface area contributed by atoms with Crippen molar-refractivity contribution in [2.24, 2.45) is 11.8 Å². The highest BCUT2D eigenvalue weighted by Crippen LogP contribution is 2.29. The number of likely N-dealkylation sites (tertiary alicyclic amines) is 1. The maximum absolute atomic E-state index is 13.7. The van der Waals surface area contributed by atoms with Crippen LogP contribution >= 0.6 is 27.5 Å². The van der Waals surface area contributed by atoms with E-state index in [-0.39, 0.29) is 27.5 Å². The summed E-state index contributed by atoms with van der Waals surface area (Å²) < 4.78 is 13.7. The van der Waals surface area contributed by atoms with E-state index in [0.717, 1.165) is 6.07 Å². The number of aliphatic carboxylic acids is 1. The van der Waals surface area contributed by atoms with Gasteiger partial charge < -0.3 is 10.0 Å². The fraction of sp³-hybridized carbons (Fsp3) is 0.429. The minimum Gasteiger partial charge on any atom is -0.481 e. The number of amides is 1. The zero-order valence-corrected chi connectivity index (χ0v) is 13.6. The standard InChI is InChI=1S/C14H14BrClFNO3/c1-7-2-8(14(20)21)6-18(5-7)13(19)10-3-9(16)4-11(17)12(10)15/h3-4,7-8H,2,5-6H2,1H3,(H,20,21). The molecule has 0 aromatic heterocycles. The number of carbonyl (C=O) groups excluding carboxylic acids is 1. The summed E-state index contributed by atoms with van der Waals surface area (Å²) >= 11 is 8.83. The summed E-state index contributed by atoms with van der Waals surface area (Å²) in [6.07, 6.45) is 0.532. The highest BCUT2D eigenvalue weighted by atomic mass is 79.9. The largest absolute Gasteiger partial charge is 0.481 e. The number of hydrogen-bond donors (Lipinski definition) is 1. The number of carboxylic acids is 1. The number of hydrogen-bond acceptors (Lipinski definition) is 2. The lowest BCUT2D eigenvalue weighted by Gasteiger charge is -2.34. The van der Waals surface area contributed by atoms with Crippen LogP contribution in [0.2, 0.25) is 5.02 Å². The van der Waals surface area contributed by atoms with E-state index in [2.05, 4.69) is 15.9 Å². The summed E-state index contributed by atoms with van der Waals surface area (Å²) in [6.45, 7) is 2.46. The van der Waals surface area contributed by atoms with Crippen molar-refractivity contribution in [3.05, 3.63) is 33.0 Å². The predicted molar refractivity (Wildman–Crippen MR) is 79.9 cm³/mol. The molecule has 0 spiro atoms. The molecule has 1 aliphatic rings. The van der Waals surface area contributed by atoms with Crippen LogP contribution in [0.15, 0.2) is 16.6 Å². The molecule has 1 fully saturated rings. The Kier molecular flexibility index (Phi) is 4.88. The second-order valence-corrected chi connectivity index (χ2v) is 6.56. The van der Waals surface area contributed by atoms with E-state index in [4.69, 9.17) is 16.7 Å². The number of nitrogens with zero attached hydrogens (tertiary/aromatic N) is 1. The maximum Gasteiger partial charge on any atom is 0.308 e. The topological polar surface area (TPSA) is 57.6 Å². The molecular weight excluding hydrogens is 365 g/mol. The summed E-state index contributed by atoms with van der Waals surface area (Å²) in [6, 6.07) is 2.49. The third-order valence-electron chi connectivity index (χ3n) is 3.52. The normalized spacial score (nSPS) is 22.2. The van der Waals surface area contributed by atoms with Gasteiger partial charge in [-0.15, -0.1) is 0 Å². The van der Waals surface area contributed by atoms with Crippen molar-refractivity contribution in [3.8, 4) is 0 Å². The number of piperidine rings is 1. The Morgan fingerprint density at radius 3 is 2.71 bits per heavy atom. The van der Waals surface area contributed by atoms with Gasteiger partial charge in [0.05, 0.1) is 16.0 Å². The van der Waals surface area contributed by atoms with E-state index in [1.807, 2.05) is 6.92 Å². The van der Waals surface area contributed by atoms with Crippen LogP contribution in [0.3, 0.4) is 0 Å². The van der Waals surface area contributed by atoms with E-state index >= 15 is 0 Å². The van der Waals surface area contributed by atoms with Crippen LogP contribution in [0.5, 0.6) is 0 Å². The molecule has 7 heteroatoms. The molecule has 2 atom stereocenters. The Balaban J connectivity index is 2.29. The molecule has 1 amide bonds. The molecule has 0 saturated carbocycles. The average molecular weight is 379 g/mol. The van der Waals surface area contributed by atoms with Crippen molar-refractivity contribution in [3.63, 3.8) is 0 Å². The first-order chi connectivity index (χ1) is 9.79. The molecule has 1 heterocycles. The molecule has 2 unspecified atom stereocenters. The van der Waals surface area contributed by atoms with E-state index in [9.17, 15) is 14.0 Å². The Morgan fingerprint density at radius 1 is 1.43 bits per heavy atom. The second kappa shape index (κ2) is 6.32. The molecule has 2 rings (SSSR count). The number of rotatable bonds is 2. The van der Waals surface area contributed by atoms with E-state index < -0.39 is 23.6 Å². The average Bonchev–Trinajstić information content (AvgIpc) is 2.41. The summed E-state index contributed by atoms with van der Waals surface area (Å²) in [5.41, 5.74) is 0.109. The molecular formula is C14H14BrClFNO3. The van der Waals surface area contributed by atoms with Gasteiger partial charge in [-0.05, 0) is 40.4 Å². The Labute approximate surface area is 135 Å². The van der Waals surface area contributed by atoms with Gasteiger partial charge in [0.25, 0.3) is 5.91 Å². The Morgan fingerprint density at radius 2 is 2.10 bits per heavy atom. The molecule has 114 valence electrons. The molecule has 4 nitrogen and oxygen atoms in total. The highest BCUT2D eigenvalue weighted by molar-refractivity contribution is 9.10. The first kappa shape index (κ1) is 16.2. The van der Waals surface area contributed by atoms with Crippen molar-refractivity contribution in [1.82, 2.24) is 4.90 Å². The summed E-state index contributed by atoms with van der Waals surface area (Å²) in [5, 5.41) is 9.26. The first-order valence-corrected chi connectivity index (χ1v) is 7.63. The fourth-order valence-electron chi connectivity index (χ4n) is 2.58. The smallest absolute Gasteiger partial charge is 0.308 e. The van der Waals surface area contributed by atoms with Crippen LogP contribution in [-0.4, -0.2) is 35.0 Å². The van der Waals surface area contributed by atoms with E-state index in [1.165, 1.54) is 11.0 Å². The van der Waals surface area contributed by atoms with Gasteiger partial charge >= 0.3 is 5.97 Å². The molecule has 0 bridgehead atoms. The minimum atomic E-state index is -0.921. The van der Waals surface area contributed by atoms with Crippen LogP contribution < -0.4 is 0 Å². The van der Waals surface area contributed by atoms with Gasteiger partial charge in [-0.3, -0.25) is 9.59 Å². The lowest BCUT2D eigenvalue weighted by atomic mass is 9.90. The third kappa shape index (κ3) is 3.55. The van der Waals surface area contributed by atoms with Gasteiger partial charge in [0.15, 0.2) is 0 Å². The Bertz CT molecular complexity index is 596. The molecule has 0 radical (unpaired) electrons. The monoisotopic (exact) mass is 377 g/mol. The van der Waals surface area contributed by atoms with Crippen molar-refractivity contribution < 1.29 is 19.1 Å². The van der Waals surface area contributed by atoms with Crippen molar-refractivity contribution in [2.75, 3.05) is 13.1 Å². The van der Waals surface area contributed by atoms with Crippen LogP contribution in [0.25, 0.3) is 0 Å². The third-order valence-corrected chi connectivity index (χ3v) is 4.54. The van der Waals surface area contributed by atoms with E-state index in [1.54, 1.807) is 0 Å². The van der Waals surface area contributed by atoms with Crippen LogP contribution in [0, 0.1) is 17.7 Å². The zero-order chi connectivity index (χ0) is 15.7. The van der Waals surface area contributed by atoms with E-state index in [0.29, 0.717) is 13.0 Å². The zero-order valence-electron chi connectivity index (χ0n) is 11.3. The summed E-state index contributed by atoms with van der Waals surface area (Å²) in [5.74, 6) is -2.48. The Hall–Kier alpha value is -1.14. The minimum absolute atomic E-state index is 0.0435. The molecule has 0 aliphatic carbocycles. The van der Waals surface area contributed by atoms with Gasteiger partial charge in [-0.1, -0.05) is 18.5 Å². The fourth-order valence-corrected chi connectivity index (χ4v) is 3.18. The van der Waals surface area contributed by atoms with Gasteiger partial charge in [-0.2, -0.15) is 0 Å². The molecule has 1 aromatic carbocycles. The second-order valence-electron chi connectivity index (χ2n) is 5.34. The van der Waals surface area contributed by atoms with Crippen molar-refractivity contribution in [1.29, 1.82) is 0 Å². The van der Waals surface area contributed by atoms with Crippen molar-refractivity contribution >= 4 is 39.4 Å². The molecule has 1 aliphatic heterocycles. The molecule has 1 saturated heterocycles. The number of carboxylic acid groups (broad SMARTS) is 1. The lowest BCUT2D eigenvalue weighted by molar-refractivity contribution is -0.143. The van der Waals surface area contributed by atoms with Gasteiger partial charge in [0, 0.05) is 18.1 Å². The van der Waals surface area contributed by atoms with Crippen LogP contribution in [0.4, 0.5) is 4.39 Å². The number of halogens is 3. The van der Waals surface area contributed by atoms with Crippen LogP contribution in [-0.2, 0) is 4.79 Å². The van der Waals surface area contributed by atoms with Crippen LogP contribution in [0.1, 0.15) is 23.7 Å². The van der Waals surface area contributed by atoms with Gasteiger partial charge in [0.1, 0.15) is 5.82 Å². The summed E-state index contributed by atoms with van der Waals surface area (Å²) in [4.78, 5) is 25.1. The predicted octanol–water partition coefficient (Wildman–Crippen LogP) is 3.42. The number of benzene rings is 1. The van der Waals surface area contributed by atoms with Gasteiger partial charge in [-0.25, -0.2) is 4.39 Å². The maximum atomic E-state index is 13.7. The quantitative estimate of drug-likeness (QED) is 0.802. The lowest BCUT2D eigenvalue weighted by Crippen LogP contribution is -2.45. The molecule has 1 N–H and O–H groups in total. The number of carbonyl (C=O) groups is 2. The molecule has 1 aromatic rings. The molecule has 21 heavy (non-hydrogen) atoms. The SMILES string of the molecule is CC1CC(C(=O)O)CN(C(=O)c2cc(Cl)cc(F)c2Br)C1.